The van der Waals surface area contributed by atoms with Gasteiger partial charge in [0.05, 0.1) is 0 Å². The van der Waals surface area contributed by atoms with Crippen molar-refractivity contribution in [2.24, 2.45) is 0 Å². The van der Waals surface area contributed by atoms with E-state index in [4.69, 9.17) is 0 Å². The topological polar surface area (TPSA) is 33.2 Å². The summed E-state index contributed by atoms with van der Waals surface area (Å²) in [5.74, 6) is 0.178. The van der Waals surface area contributed by atoms with Crippen LogP contribution in [0.4, 0.5) is 4.39 Å². The fourth-order valence-corrected chi connectivity index (χ4v) is 3.02. The molecule has 1 aliphatic rings. The first-order valence-electron chi connectivity index (χ1n) is 5.74. The van der Waals surface area contributed by atoms with Gasteiger partial charge >= 0.3 is 0 Å². The van der Waals surface area contributed by atoms with E-state index in [2.05, 4.69) is 11.9 Å². The first-order valence-corrected chi connectivity index (χ1v) is 6.79. The fraction of sp³-hybridized carbons (Fsp3) is 0.500. The Hall–Kier alpha value is -1.10. The van der Waals surface area contributed by atoms with E-state index in [1.807, 2.05) is 11.8 Å². The highest BCUT2D eigenvalue weighted by molar-refractivity contribution is 8.00. The fourth-order valence-electron chi connectivity index (χ4n) is 1.84. The van der Waals surface area contributed by atoms with Gasteiger partial charge in [-0.1, -0.05) is 13.0 Å². The van der Waals surface area contributed by atoms with Crippen molar-refractivity contribution < 1.29 is 9.18 Å². The summed E-state index contributed by atoms with van der Waals surface area (Å²) < 4.78 is 13.0. The second-order valence-electron chi connectivity index (χ2n) is 4.00. The van der Waals surface area contributed by atoms with Crippen LogP contribution in [0.5, 0.6) is 0 Å². The zero-order chi connectivity index (χ0) is 12.3. The van der Waals surface area contributed by atoms with E-state index in [-0.39, 0.29) is 11.6 Å². The number of amides is 1. The van der Waals surface area contributed by atoms with Crippen LogP contribution in [0.3, 0.4) is 0 Å². The Bertz CT molecular complexity index is 413. The average Bonchev–Trinajstić information content (AvgIpc) is 2.38. The van der Waals surface area contributed by atoms with Crippen LogP contribution in [-0.4, -0.2) is 39.9 Å². The Morgan fingerprint density at radius 2 is 2.47 bits per heavy atom. The number of aromatic nitrogens is 1. The lowest BCUT2D eigenvalue weighted by molar-refractivity contribution is 0.0754. The summed E-state index contributed by atoms with van der Waals surface area (Å²) in [4.78, 5) is 17.5. The molecule has 3 nitrogen and oxygen atoms in total. The maximum atomic E-state index is 13.0. The molecule has 0 aromatic carbocycles. The van der Waals surface area contributed by atoms with E-state index in [0.29, 0.717) is 5.25 Å². The third-order valence-corrected chi connectivity index (χ3v) is 4.19. The van der Waals surface area contributed by atoms with Crippen molar-refractivity contribution >= 4 is 17.7 Å². The summed E-state index contributed by atoms with van der Waals surface area (Å²) in [7, 11) is 0. The molecule has 0 aliphatic carbocycles. The van der Waals surface area contributed by atoms with Gasteiger partial charge in [0.1, 0.15) is 5.69 Å². The number of carbonyl (C=O) groups is 1. The molecule has 1 saturated heterocycles. The molecule has 92 valence electrons. The van der Waals surface area contributed by atoms with Gasteiger partial charge in [-0.2, -0.15) is 16.2 Å². The lowest BCUT2D eigenvalue weighted by Crippen LogP contribution is -2.42. The molecule has 1 amide bonds. The van der Waals surface area contributed by atoms with Gasteiger partial charge in [0.2, 0.25) is 5.95 Å². The van der Waals surface area contributed by atoms with Crippen LogP contribution >= 0.6 is 11.8 Å². The van der Waals surface area contributed by atoms with Crippen LogP contribution in [0.15, 0.2) is 18.2 Å². The van der Waals surface area contributed by atoms with Gasteiger partial charge in [-0.3, -0.25) is 4.79 Å². The highest BCUT2D eigenvalue weighted by Gasteiger charge is 2.24. The molecule has 2 rings (SSSR count). The number of nitrogens with zero attached hydrogens (tertiary/aromatic N) is 2. The maximum absolute atomic E-state index is 13.0. The Morgan fingerprint density at radius 1 is 1.65 bits per heavy atom. The minimum Gasteiger partial charge on any atom is -0.335 e. The normalized spacial score (nSPS) is 20.4. The van der Waals surface area contributed by atoms with Gasteiger partial charge in [0.15, 0.2) is 0 Å². The summed E-state index contributed by atoms with van der Waals surface area (Å²) in [6.45, 7) is 3.57. The van der Waals surface area contributed by atoms with Crippen molar-refractivity contribution in [2.75, 3.05) is 18.8 Å². The molecule has 0 bridgehead atoms. The molecule has 0 saturated carbocycles. The van der Waals surface area contributed by atoms with Crippen LogP contribution < -0.4 is 0 Å². The molecule has 1 fully saturated rings. The lowest BCUT2D eigenvalue weighted by Gasteiger charge is -2.31. The largest absolute Gasteiger partial charge is 0.335 e. The predicted molar refractivity (Wildman–Crippen MR) is 66.6 cm³/mol. The Morgan fingerprint density at radius 3 is 3.18 bits per heavy atom. The molecule has 2 heterocycles. The number of thioether (sulfide) groups is 1. The lowest BCUT2D eigenvalue weighted by atomic mass is 10.2. The summed E-state index contributed by atoms with van der Waals surface area (Å²) in [5, 5.41) is 0.487. The smallest absolute Gasteiger partial charge is 0.272 e. The van der Waals surface area contributed by atoms with Gasteiger partial charge in [0, 0.05) is 24.1 Å². The average molecular weight is 254 g/mol. The van der Waals surface area contributed by atoms with E-state index in [1.54, 1.807) is 11.0 Å². The number of rotatable bonds is 2. The molecule has 1 aromatic heterocycles. The quantitative estimate of drug-likeness (QED) is 0.758. The van der Waals surface area contributed by atoms with Crippen molar-refractivity contribution in [1.82, 2.24) is 9.88 Å². The zero-order valence-corrected chi connectivity index (χ0v) is 10.5. The first kappa shape index (κ1) is 12.4. The number of hydrogen-bond acceptors (Lipinski definition) is 3. The molecular formula is C12H15FN2OS. The van der Waals surface area contributed by atoms with Gasteiger partial charge in [-0.25, -0.2) is 4.98 Å². The summed E-state index contributed by atoms with van der Waals surface area (Å²) in [6, 6.07) is 4.33. The van der Waals surface area contributed by atoms with Crippen molar-refractivity contribution in [3.05, 3.63) is 29.8 Å². The SMILES string of the molecule is CCC1CN(C(=O)c2cccc(F)n2)CCS1. The molecular weight excluding hydrogens is 239 g/mol. The second kappa shape index (κ2) is 5.49. The van der Waals surface area contributed by atoms with Crippen LogP contribution in [0.1, 0.15) is 23.8 Å². The van der Waals surface area contributed by atoms with Crippen LogP contribution in [0, 0.1) is 5.95 Å². The maximum Gasteiger partial charge on any atom is 0.272 e. The molecule has 1 aromatic rings. The van der Waals surface area contributed by atoms with Crippen LogP contribution in [0.25, 0.3) is 0 Å². The molecule has 17 heavy (non-hydrogen) atoms. The minimum atomic E-state index is -0.603. The minimum absolute atomic E-state index is 0.164. The molecule has 1 aliphatic heterocycles. The summed E-state index contributed by atoms with van der Waals surface area (Å²) in [6.07, 6.45) is 1.05. The Labute approximate surface area is 104 Å². The third-order valence-electron chi connectivity index (χ3n) is 2.82. The number of halogens is 1. The first-order chi connectivity index (χ1) is 8.20. The van der Waals surface area contributed by atoms with Crippen LogP contribution in [-0.2, 0) is 0 Å². The second-order valence-corrected chi connectivity index (χ2v) is 5.41. The number of pyridine rings is 1. The molecule has 1 unspecified atom stereocenters. The molecule has 0 N–H and O–H groups in total. The molecule has 1 atom stereocenters. The third kappa shape index (κ3) is 2.97. The molecule has 0 spiro atoms. The predicted octanol–water partition coefficient (Wildman–Crippen LogP) is 2.19. The summed E-state index contributed by atoms with van der Waals surface area (Å²) >= 11 is 1.89. The van der Waals surface area contributed by atoms with E-state index >= 15 is 0 Å². The highest BCUT2D eigenvalue weighted by atomic mass is 32.2. The van der Waals surface area contributed by atoms with Gasteiger partial charge < -0.3 is 4.90 Å². The van der Waals surface area contributed by atoms with Crippen molar-refractivity contribution in [3.63, 3.8) is 0 Å². The number of hydrogen-bond donors (Lipinski definition) is 0. The highest BCUT2D eigenvalue weighted by Crippen LogP contribution is 2.22. The van der Waals surface area contributed by atoms with Crippen molar-refractivity contribution in [3.8, 4) is 0 Å². The van der Waals surface area contributed by atoms with E-state index in [0.717, 1.165) is 25.3 Å². The van der Waals surface area contributed by atoms with E-state index in [9.17, 15) is 9.18 Å². The molecule has 5 heteroatoms. The summed E-state index contributed by atoms with van der Waals surface area (Å²) in [5.41, 5.74) is 0.201. The molecule has 0 radical (unpaired) electrons. The monoisotopic (exact) mass is 254 g/mol. The van der Waals surface area contributed by atoms with Gasteiger partial charge in [-0.15, -0.1) is 0 Å². The number of carbonyl (C=O) groups excluding carboxylic acids is 1. The Balaban J connectivity index is 2.09. The van der Waals surface area contributed by atoms with Crippen molar-refractivity contribution in [2.45, 2.75) is 18.6 Å². The van der Waals surface area contributed by atoms with Crippen molar-refractivity contribution in [1.29, 1.82) is 0 Å². The van der Waals surface area contributed by atoms with E-state index in [1.165, 1.54) is 12.1 Å². The Kier molecular flexibility index (Phi) is 3.99. The van der Waals surface area contributed by atoms with Crippen LogP contribution in [0.2, 0.25) is 0 Å². The van der Waals surface area contributed by atoms with Gasteiger partial charge in [0.25, 0.3) is 5.91 Å². The van der Waals surface area contributed by atoms with E-state index < -0.39 is 5.95 Å². The van der Waals surface area contributed by atoms with Gasteiger partial charge in [-0.05, 0) is 18.6 Å². The zero-order valence-electron chi connectivity index (χ0n) is 9.73. The standard InChI is InChI=1S/C12H15FN2OS/c1-2-9-8-15(6-7-17-9)12(16)10-4-3-5-11(13)14-10/h3-5,9H,2,6-8H2,1H3.